The van der Waals surface area contributed by atoms with Crippen molar-refractivity contribution >= 4 is 29.6 Å². The molecule has 0 bridgehead atoms. The third-order valence-electron chi connectivity index (χ3n) is 4.91. The van der Waals surface area contributed by atoms with Gasteiger partial charge in [-0.15, -0.1) is 0 Å². The van der Waals surface area contributed by atoms with Crippen molar-refractivity contribution in [2.24, 2.45) is 0 Å². The molecule has 1 aliphatic heterocycles. The van der Waals surface area contributed by atoms with Crippen LogP contribution in [0, 0.1) is 20.8 Å². The summed E-state index contributed by atoms with van der Waals surface area (Å²) in [7, 11) is 0. The number of anilines is 1. The maximum absolute atomic E-state index is 13.0. The van der Waals surface area contributed by atoms with Gasteiger partial charge in [-0.05, 0) is 68.3 Å². The van der Waals surface area contributed by atoms with E-state index in [0.29, 0.717) is 5.56 Å². The zero-order valence-electron chi connectivity index (χ0n) is 16.7. The highest BCUT2D eigenvalue weighted by Crippen LogP contribution is 2.25. The van der Waals surface area contributed by atoms with Gasteiger partial charge in [0.05, 0.1) is 11.9 Å². The summed E-state index contributed by atoms with van der Waals surface area (Å²) in [6, 6.07) is 8.13. The Hall–Kier alpha value is -4.07. The Kier molecular flexibility index (Phi) is 4.75. The minimum atomic E-state index is -0.801. The van der Waals surface area contributed by atoms with Crippen molar-refractivity contribution in [2.45, 2.75) is 20.8 Å². The largest absolute Gasteiger partial charge is 0.336 e. The SMILES string of the molecule is Cc1ccnc(-n2c(C)cc(/C=C3\C(=O)NC(=O)N(c4cccnc4)C3=O)c2C)c1. The van der Waals surface area contributed by atoms with E-state index in [1.54, 1.807) is 18.3 Å². The maximum atomic E-state index is 13.0. The number of urea groups is 1. The lowest BCUT2D eigenvalue weighted by atomic mass is 10.1. The Balaban J connectivity index is 1.77. The molecule has 3 aromatic rings. The van der Waals surface area contributed by atoms with Crippen LogP contribution in [0.2, 0.25) is 0 Å². The molecule has 0 spiro atoms. The van der Waals surface area contributed by atoms with Crippen LogP contribution in [0.4, 0.5) is 10.5 Å². The van der Waals surface area contributed by atoms with E-state index < -0.39 is 17.8 Å². The molecular weight excluding hydrogens is 382 g/mol. The number of barbiturate groups is 1. The van der Waals surface area contributed by atoms with E-state index in [0.717, 1.165) is 27.7 Å². The molecule has 0 aromatic carbocycles. The predicted molar refractivity (Wildman–Crippen MR) is 111 cm³/mol. The number of aryl methyl sites for hydroxylation is 2. The summed E-state index contributed by atoms with van der Waals surface area (Å²) >= 11 is 0. The molecule has 0 saturated carbocycles. The maximum Gasteiger partial charge on any atom is 0.336 e. The van der Waals surface area contributed by atoms with Crippen LogP contribution < -0.4 is 10.2 Å². The van der Waals surface area contributed by atoms with E-state index >= 15 is 0 Å². The second-order valence-electron chi connectivity index (χ2n) is 7.02. The van der Waals surface area contributed by atoms with E-state index in [1.807, 2.05) is 43.5 Å². The van der Waals surface area contributed by atoms with Gasteiger partial charge >= 0.3 is 6.03 Å². The minimum Gasteiger partial charge on any atom is -0.303 e. The molecule has 1 fully saturated rings. The molecule has 8 heteroatoms. The number of pyridine rings is 2. The zero-order chi connectivity index (χ0) is 21.4. The van der Waals surface area contributed by atoms with Crippen LogP contribution in [-0.2, 0) is 9.59 Å². The van der Waals surface area contributed by atoms with Crippen LogP contribution in [-0.4, -0.2) is 32.4 Å². The normalized spacial score (nSPS) is 15.6. The number of imide groups is 2. The Labute approximate surface area is 172 Å². The lowest BCUT2D eigenvalue weighted by Gasteiger charge is -2.26. The van der Waals surface area contributed by atoms with Gasteiger partial charge in [0.25, 0.3) is 11.8 Å². The van der Waals surface area contributed by atoms with Crippen LogP contribution in [0.1, 0.15) is 22.5 Å². The minimum absolute atomic E-state index is 0.129. The van der Waals surface area contributed by atoms with E-state index in [1.165, 1.54) is 18.5 Å². The Bertz CT molecular complexity index is 1210. The smallest absolute Gasteiger partial charge is 0.303 e. The fourth-order valence-electron chi connectivity index (χ4n) is 3.46. The van der Waals surface area contributed by atoms with Crippen LogP contribution in [0.15, 0.2) is 54.5 Å². The van der Waals surface area contributed by atoms with Crippen molar-refractivity contribution in [3.05, 3.63) is 77.0 Å². The van der Waals surface area contributed by atoms with Crippen LogP contribution in [0.5, 0.6) is 0 Å². The van der Waals surface area contributed by atoms with Gasteiger partial charge in [0.1, 0.15) is 11.4 Å². The molecule has 30 heavy (non-hydrogen) atoms. The topological polar surface area (TPSA) is 97.2 Å². The quantitative estimate of drug-likeness (QED) is 0.538. The first-order valence-corrected chi connectivity index (χ1v) is 9.30. The number of carbonyl (C=O) groups is 3. The number of hydrogen-bond donors (Lipinski definition) is 1. The molecule has 0 radical (unpaired) electrons. The Morgan fingerprint density at radius 2 is 1.83 bits per heavy atom. The standard InChI is InChI=1S/C22H19N5O3/c1-13-6-8-24-19(9-13)26-14(2)10-16(15(26)3)11-18-20(28)25-22(30)27(21(18)29)17-5-4-7-23-12-17/h4-12H,1-3H3,(H,25,28,30)/b18-11+. The van der Waals surface area contributed by atoms with Gasteiger partial charge < -0.3 is 4.57 Å². The molecule has 8 nitrogen and oxygen atoms in total. The number of nitrogens with zero attached hydrogens (tertiary/aromatic N) is 4. The first kappa shape index (κ1) is 19.3. The van der Waals surface area contributed by atoms with E-state index in [2.05, 4.69) is 15.3 Å². The van der Waals surface area contributed by atoms with Crippen molar-refractivity contribution < 1.29 is 14.4 Å². The van der Waals surface area contributed by atoms with Crippen molar-refractivity contribution in [3.8, 4) is 5.82 Å². The molecule has 0 aliphatic carbocycles. The highest BCUT2D eigenvalue weighted by atomic mass is 16.2. The van der Waals surface area contributed by atoms with Crippen molar-refractivity contribution in [1.29, 1.82) is 0 Å². The van der Waals surface area contributed by atoms with Crippen molar-refractivity contribution in [2.75, 3.05) is 4.90 Å². The fourth-order valence-corrected chi connectivity index (χ4v) is 3.46. The second-order valence-corrected chi connectivity index (χ2v) is 7.02. The summed E-state index contributed by atoms with van der Waals surface area (Å²) in [6.07, 6.45) is 6.16. The van der Waals surface area contributed by atoms with Crippen molar-refractivity contribution in [1.82, 2.24) is 19.9 Å². The number of nitrogens with one attached hydrogen (secondary N) is 1. The number of aromatic nitrogens is 3. The van der Waals surface area contributed by atoms with Crippen LogP contribution in [0.25, 0.3) is 11.9 Å². The van der Waals surface area contributed by atoms with E-state index in [-0.39, 0.29) is 11.3 Å². The first-order chi connectivity index (χ1) is 14.4. The van der Waals surface area contributed by atoms with E-state index in [9.17, 15) is 14.4 Å². The summed E-state index contributed by atoms with van der Waals surface area (Å²) in [5, 5.41) is 2.22. The Morgan fingerprint density at radius 1 is 1.03 bits per heavy atom. The molecule has 0 unspecified atom stereocenters. The van der Waals surface area contributed by atoms with Gasteiger partial charge in [0, 0.05) is 23.8 Å². The van der Waals surface area contributed by atoms with Gasteiger partial charge in [-0.25, -0.2) is 14.7 Å². The monoisotopic (exact) mass is 401 g/mol. The average molecular weight is 401 g/mol. The van der Waals surface area contributed by atoms with Gasteiger partial charge in [0.2, 0.25) is 0 Å². The molecule has 1 N–H and O–H groups in total. The van der Waals surface area contributed by atoms with Crippen LogP contribution in [0.3, 0.4) is 0 Å². The molecule has 4 heterocycles. The third kappa shape index (κ3) is 3.28. The van der Waals surface area contributed by atoms with Gasteiger partial charge in [0.15, 0.2) is 0 Å². The molecule has 1 saturated heterocycles. The summed E-state index contributed by atoms with van der Waals surface area (Å²) in [4.78, 5) is 47.0. The zero-order valence-corrected chi connectivity index (χ0v) is 16.7. The summed E-state index contributed by atoms with van der Waals surface area (Å²) in [5.41, 5.74) is 3.64. The Morgan fingerprint density at radius 3 is 2.53 bits per heavy atom. The highest BCUT2D eigenvalue weighted by Gasteiger charge is 2.37. The highest BCUT2D eigenvalue weighted by molar-refractivity contribution is 6.39. The number of rotatable bonds is 3. The molecule has 4 rings (SSSR count). The number of carbonyl (C=O) groups excluding carboxylic acids is 3. The molecular formula is C22H19N5O3. The van der Waals surface area contributed by atoms with Gasteiger partial charge in [-0.3, -0.25) is 19.9 Å². The number of amides is 4. The summed E-state index contributed by atoms with van der Waals surface area (Å²) < 4.78 is 1.95. The lowest BCUT2D eigenvalue weighted by molar-refractivity contribution is -0.122. The van der Waals surface area contributed by atoms with Crippen molar-refractivity contribution in [3.63, 3.8) is 0 Å². The molecule has 3 aromatic heterocycles. The first-order valence-electron chi connectivity index (χ1n) is 9.30. The third-order valence-corrected chi connectivity index (χ3v) is 4.91. The molecule has 1 aliphatic rings. The molecule has 0 atom stereocenters. The summed E-state index contributed by atoms with van der Waals surface area (Å²) in [5.74, 6) is -0.680. The molecule has 4 amide bonds. The molecule has 150 valence electrons. The van der Waals surface area contributed by atoms with Gasteiger partial charge in [-0.2, -0.15) is 0 Å². The number of hydrogen-bond acceptors (Lipinski definition) is 5. The second kappa shape index (κ2) is 7.40. The lowest BCUT2D eigenvalue weighted by Crippen LogP contribution is -2.54. The van der Waals surface area contributed by atoms with Gasteiger partial charge in [-0.1, -0.05) is 0 Å². The van der Waals surface area contributed by atoms with E-state index in [4.69, 9.17) is 0 Å². The van der Waals surface area contributed by atoms with Crippen LogP contribution >= 0.6 is 0 Å². The fraction of sp³-hybridized carbons (Fsp3) is 0.136. The average Bonchev–Trinajstić information content (AvgIpc) is 2.99. The summed E-state index contributed by atoms with van der Waals surface area (Å²) in [6.45, 7) is 5.79. The predicted octanol–water partition coefficient (Wildman–Crippen LogP) is 2.86.